The van der Waals surface area contributed by atoms with E-state index in [2.05, 4.69) is 15.6 Å². The number of para-hydroxylation sites is 3. The maximum atomic E-state index is 11.9. The number of aromatic nitrogens is 1. The van der Waals surface area contributed by atoms with Crippen LogP contribution in [0.3, 0.4) is 0 Å². The van der Waals surface area contributed by atoms with Crippen LogP contribution >= 0.6 is 0 Å². The molecule has 0 unspecified atom stereocenters. The molecule has 26 heavy (non-hydrogen) atoms. The van der Waals surface area contributed by atoms with Gasteiger partial charge in [-0.05, 0) is 42.8 Å². The third-order valence-electron chi connectivity index (χ3n) is 3.67. The van der Waals surface area contributed by atoms with Crippen LogP contribution in [0.25, 0.3) is 0 Å². The van der Waals surface area contributed by atoms with Crippen LogP contribution in [0.1, 0.15) is 23.8 Å². The Bertz CT molecular complexity index is 849. The number of benzene rings is 2. The minimum Gasteiger partial charge on any atom is -0.455 e. The van der Waals surface area contributed by atoms with Crippen molar-refractivity contribution in [3.05, 3.63) is 78.6 Å². The zero-order valence-corrected chi connectivity index (χ0v) is 14.6. The molecule has 1 amide bonds. The van der Waals surface area contributed by atoms with Crippen molar-refractivity contribution in [2.45, 2.75) is 13.3 Å². The largest absolute Gasteiger partial charge is 0.455 e. The Morgan fingerprint density at radius 3 is 2.50 bits per heavy atom. The highest BCUT2D eigenvalue weighted by Crippen LogP contribution is 2.31. The van der Waals surface area contributed by atoms with E-state index in [1.807, 2.05) is 67.6 Å². The summed E-state index contributed by atoms with van der Waals surface area (Å²) in [6.45, 7) is 2.65. The molecule has 5 heteroatoms. The van der Waals surface area contributed by atoms with E-state index in [1.54, 1.807) is 12.3 Å². The lowest BCUT2D eigenvalue weighted by atomic mass is 10.2. The van der Waals surface area contributed by atoms with E-state index in [9.17, 15) is 4.79 Å². The fourth-order valence-electron chi connectivity index (χ4n) is 2.36. The Hall–Kier alpha value is -3.34. The molecule has 0 radical (unpaired) electrons. The van der Waals surface area contributed by atoms with Gasteiger partial charge in [-0.25, -0.2) is 4.98 Å². The molecule has 0 spiro atoms. The lowest BCUT2D eigenvalue weighted by molar-refractivity contribution is 0.0948. The number of anilines is 2. The molecule has 0 aliphatic rings. The van der Waals surface area contributed by atoms with Gasteiger partial charge in [0.15, 0.2) is 5.75 Å². The summed E-state index contributed by atoms with van der Waals surface area (Å²) < 4.78 is 5.94. The zero-order chi connectivity index (χ0) is 18.2. The molecule has 0 fully saturated rings. The SMILES string of the molecule is CCCNC(=O)c1ccc(Nc2ccccc2Oc2ccccc2)cn1. The van der Waals surface area contributed by atoms with Gasteiger partial charge in [-0.1, -0.05) is 37.3 Å². The van der Waals surface area contributed by atoms with Crippen molar-refractivity contribution in [2.75, 3.05) is 11.9 Å². The van der Waals surface area contributed by atoms with Crippen LogP contribution in [0, 0.1) is 0 Å². The maximum absolute atomic E-state index is 11.9. The number of carbonyl (C=O) groups is 1. The summed E-state index contributed by atoms with van der Waals surface area (Å²) in [5, 5.41) is 6.10. The zero-order valence-electron chi connectivity index (χ0n) is 14.6. The Kier molecular flexibility index (Phi) is 5.83. The Labute approximate surface area is 153 Å². The summed E-state index contributed by atoms with van der Waals surface area (Å²) >= 11 is 0. The van der Waals surface area contributed by atoms with Gasteiger partial charge in [0.05, 0.1) is 17.6 Å². The highest BCUT2D eigenvalue weighted by molar-refractivity contribution is 5.92. The topological polar surface area (TPSA) is 63.2 Å². The van der Waals surface area contributed by atoms with Gasteiger partial charge >= 0.3 is 0 Å². The van der Waals surface area contributed by atoms with Crippen LogP contribution in [-0.4, -0.2) is 17.4 Å². The molecule has 0 saturated heterocycles. The van der Waals surface area contributed by atoms with Gasteiger partial charge in [0, 0.05) is 6.54 Å². The molecule has 2 aromatic carbocycles. The molecule has 1 heterocycles. The molecule has 3 aromatic rings. The van der Waals surface area contributed by atoms with Crippen LogP contribution in [-0.2, 0) is 0 Å². The molecule has 0 bridgehead atoms. The summed E-state index contributed by atoms with van der Waals surface area (Å²) in [7, 11) is 0. The van der Waals surface area contributed by atoms with E-state index in [0.717, 1.165) is 23.5 Å². The number of hydrogen-bond acceptors (Lipinski definition) is 4. The summed E-state index contributed by atoms with van der Waals surface area (Å²) in [6, 6.07) is 20.8. The molecule has 132 valence electrons. The Morgan fingerprint density at radius 2 is 1.77 bits per heavy atom. The van der Waals surface area contributed by atoms with Gasteiger partial charge in [-0.15, -0.1) is 0 Å². The van der Waals surface area contributed by atoms with Crippen LogP contribution in [0.5, 0.6) is 11.5 Å². The van der Waals surface area contributed by atoms with Crippen molar-refractivity contribution in [3.63, 3.8) is 0 Å². The number of amides is 1. The average molecular weight is 347 g/mol. The molecule has 0 saturated carbocycles. The summed E-state index contributed by atoms with van der Waals surface area (Å²) in [5.74, 6) is 1.32. The predicted octanol–water partition coefficient (Wildman–Crippen LogP) is 4.76. The molecule has 0 aliphatic carbocycles. The summed E-state index contributed by atoms with van der Waals surface area (Å²) in [6.07, 6.45) is 2.53. The first-order valence-corrected chi connectivity index (χ1v) is 8.59. The van der Waals surface area contributed by atoms with Crippen LogP contribution in [0.15, 0.2) is 72.9 Å². The lowest BCUT2D eigenvalue weighted by Crippen LogP contribution is -2.24. The number of nitrogens with one attached hydrogen (secondary N) is 2. The monoisotopic (exact) mass is 347 g/mol. The van der Waals surface area contributed by atoms with Crippen LogP contribution in [0.2, 0.25) is 0 Å². The number of ether oxygens (including phenoxy) is 1. The molecule has 1 aromatic heterocycles. The van der Waals surface area contributed by atoms with Crippen molar-refractivity contribution >= 4 is 17.3 Å². The second kappa shape index (κ2) is 8.67. The standard InChI is InChI=1S/C21H21N3O2/c1-2-14-22-21(25)19-13-12-16(15-23-19)24-18-10-6-7-11-20(18)26-17-8-4-3-5-9-17/h3-13,15,24H,2,14H2,1H3,(H,22,25). The predicted molar refractivity (Wildman–Crippen MR) is 103 cm³/mol. The van der Waals surface area contributed by atoms with Gasteiger partial charge in [0.2, 0.25) is 0 Å². The van der Waals surface area contributed by atoms with Crippen LogP contribution < -0.4 is 15.4 Å². The minimum atomic E-state index is -0.161. The van der Waals surface area contributed by atoms with Gasteiger partial charge in [-0.3, -0.25) is 4.79 Å². The third kappa shape index (κ3) is 4.60. The second-order valence-electron chi connectivity index (χ2n) is 5.72. The average Bonchev–Trinajstić information content (AvgIpc) is 2.69. The van der Waals surface area contributed by atoms with E-state index < -0.39 is 0 Å². The molecular formula is C21H21N3O2. The number of hydrogen-bond donors (Lipinski definition) is 2. The first kappa shape index (κ1) is 17.5. The quantitative estimate of drug-likeness (QED) is 0.647. The van der Waals surface area contributed by atoms with Gasteiger partial charge in [0.1, 0.15) is 11.4 Å². The van der Waals surface area contributed by atoms with Crippen molar-refractivity contribution in [1.29, 1.82) is 0 Å². The van der Waals surface area contributed by atoms with Gasteiger partial charge in [0.25, 0.3) is 5.91 Å². The molecule has 0 atom stereocenters. The fourth-order valence-corrected chi connectivity index (χ4v) is 2.36. The van der Waals surface area contributed by atoms with Crippen LogP contribution in [0.4, 0.5) is 11.4 Å². The van der Waals surface area contributed by atoms with E-state index >= 15 is 0 Å². The van der Waals surface area contributed by atoms with Crippen molar-refractivity contribution in [1.82, 2.24) is 10.3 Å². The fraction of sp³-hybridized carbons (Fsp3) is 0.143. The van der Waals surface area contributed by atoms with Crippen molar-refractivity contribution < 1.29 is 9.53 Å². The summed E-state index contributed by atoms with van der Waals surface area (Å²) in [5.41, 5.74) is 2.00. The minimum absolute atomic E-state index is 0.161. The molecule has 5 nitrogen and oxygen atoms in total. The highest BCUT2D eigenvalue weighted by Gasteiger charge is 2.08. The summed E-state index contributed by atoms with van der Waals surface area (Å²) in [4.78, 5) is 16.1. The third-order valence-corrected chi connectivity index (χ3v) is 3.67. The Balaban J connectivity index is 1.72. The first-order chi connectivity index (χ1) is 12.8. The highest BCUT2D eigenvalue weighted by atomic mass is 16.5. The number of rotatable bonds is 7. The van der Waals surface area contributed by atoms with E-state index in [4.69, 9.17) is 4.74 Å². The van der Waals surface area contributed by atoms with Crippen molar-refractivity contribution in [2.24, 2.45) is 0 Å². The molecule has 2 N–H and O–H groups in total. The van der Waals surface area contributed by atoms with E-state index in [1.165, 1.54) is 0 Å². The Morgan fingerprint density at radius 1 is 1.00 bits per heavy atom. The molecule has 3 rings (SSSR count). The van der Waals surface area contributed by atoms with E-state index in [0.29, 0.717) is 18.0 Å². The normalized spacial score (nSPS) is 10.2. The smallest absolute Gasteiger partial charge is 0.269 e. The number of nitrogens with zero attached hydrogens (tertiary/aromatic N) is 1. The van der Waals surface area contributed by atoms with Gasteiger partial charge in [-0.2, -0.15) is 0 Å². The lowest BCUT2D eigenvalue weighted by Gasteiger charge is -2.13. The molecule has 0 aliphatic heterocycles. The maximum Gasteiger partial charge on any atom is 0.269 e. The number of carbonyl (C=O) groups excluding carboxylic acids is 1. The number of pyridine rings is 1. The molecular weight excluding hydrogens is 326 g/mol. The second-order valence-corrected chi connectivity index (χ2v) is 5.72. The first-order valence-electron chi connectivity index (χ1n) is 8.59. The van der Waals surface area contributed by atoms with Crippen molar-refractivity contribution in [3.8, 4) is 11.5 Å². The van der Waals surface area contributed by atoms with E-state index in [-0.39, 0.29) is 5.91 Å². The van der Waals surface area contributed by atoms with Gasteiger partial charge < -0.3 is 15.4 Å².